The summed E-state index contributed by atoms with van der Waals surface area (Å²) in [7, 11) is -3.76. The van der Waals surface area contributed by atoms with Gasteiger partial charge < -0.3 is 9.73 Å². The minimum Gasteiger partial charge on any atom is -0.468 e. The Labute approximate surface area is 145 Å². The van der Waals surface area contributed by atoms with Crippen molar-refractivity contribution in [3.05, 3.63) is 84.3 Å². The largest absolute Gasteiger partial charge is 0.468 e. The Morgan fingerprint density at radius 2 is 1.76 bits per heavy atom. The second-order valence-corrected chi connectivity index (χ2v) is 7.02. The molecule has 0 aliphatic heterocycles. The maximum Gasteiger partial charge on any atom is 0.255 e. The van der Waals surface area contributed by atoms with Crippen molar-refractivity contribution < 1.29 is 17.6 Å². The SMILES string of the molecule is O=C(Nc1ccccc1)c1cccc(S(=O)(=O)NCc2ccco2)c1. The van der Waals surface area contributed by atoms with E-state index in [9.17, 15) is 13.2 Å². The number of carbonyl (C=O) groups is 1. The van der Waals surface area contributed by atoms with E-state index >= 15 is 0 Å². The van der Waals surface area contributed by atoms with Crippen LogP contribution in [0.1, 0.15) is 16.1 Å². The van der Waals surface area contributed by atoms with E-state index in [1.807, 2.05) is 6.07 Å². The fraction of sp³-hybridized carbons (Fsp3) is 0.0556. The lowest BCUT2D eigenvalue weighted by Gasteiger charge is -2.08. The molecule has 0 saturated carbocycles. The molecule has 0 spiro atoms. The van der Waals surface area contributed by atoms with E-state index in [0.717, 1.165) is 0 Å². The number of sulfonamides is 1. The Morgan fingerprint density at radius 1 is 0.960 bits per heavy atom. The standard InChI is InChI=1S/C18H16N2O4S/c21-18(20-15-7-2-1-3-8-15)14-6-4-10-17(12-14)25(22,23)19-13-16-9-5-11-24-16/h1-12,19H,13H2,(H,20,21). The molecule has 1 heterocycles. The highest BCUT2D eigenvalue weighted by molar-refractivity contribution is 7.89. The molecule has 0 aliphatic carbocycles. The summed E-state index contributed by atoms with van der Waals surface area (Å²) in [5.74, 6) is 0.121. The molecular formula is C18H16N2O4S. The Bertz CT molecular complexity index is 952. The number of amides is 1. The molecule has 25 heavy (non-hydrogen) atoms. The third kappa shape index (κ3) is 4.34. The van der Waals surface area contributed by atoms with E-state index < -0.39 is 10.0 Å². The normalized spacial score (nSPS) is 11.2. The molecule has 128 valence electrons. The molecule has 1 aromatic heterocycles. The van der Waals surface area contributed by atoms with Crippen LogP contribution in [0.5, 0.6) is 0 Å². The predicted octanol–water partition coefficient (Wildman–Crippen LogP) is 3.01. The fourth-order valence-corrected chi connectivity index (χ4v) is 3.23. The van der Waals surface area contributed by atoms with Gasteiger partial charge in [0.15, 0.2) is 0 Å². The van der Waals surface area contributed by atoms with Crippen molar-refractivity contribution in [2.75, 3.05) is 5.32 Å². The predicted molar refractivity (Wildman–Crippen MR) is 93.6 cm³/mol. The third-order valence-electron chi connectivity index (χ3n) is 3.45. The lowest BCUT2D eigenvalue weighted by molar-refractivity contribution is 0.102. The monoisotopic (exact) mass is 356 g/mol. The molecule has 7 heteroatoms. The molecule has 2 aromatic carbocycles. The van der Waals surface area contributed by atoms with E-state index in [0.29, 0.717) is 11.4 Å². The van der Waals surface area contributed by atoms with Crippen LogP contribution in [0.4, 0.5) is 5.69 Å². The summed E-state index contributed by atoms with van der Waals surface area (Å²) < 4.78 is 32.3. The van der Waals surface area contributed by atoms with Gasteiger partial charge in [0.25, 0.3) is 5.91 Å². The summed E-state index contributed by atoms with van der Waals surface area (Å²) in [4.78, 5) is 12.3. The summed E-state index contributed by atoms with van der Waals surface area (Å²) in [5.41, 5.74) is 0.890. The minimum atomic E-state index is -3.76. The van der Waals surface area contributed by atoms with Gasteiger partial charge in [0.05, 0.1) is 17.7 Å². The summed E-state index contributed by atoms with van der Waals surface area (Å²) >= 11 is 0. The first kappa shape index (κ1) is 16.9. The Kier molecular flexibility index (Phi) is 4.97. The van der Waals surface area contributed by atoms with Crippen LogP contribution in [0.15, 0.2) is 82.3 Å². The molecule has 0 aliphatic rings. The second-order valence-electron chi connectivity index (χ2n) is 5.25. The average Bonchev–Trinajstić information content (AvgIpc) is 3.15. The lowest BCUT2D eigenvalue weighted by Crippen LogP contribution is -2.23. The average molecular weight is 356 g/mol. The van der Waals surface area contributed by atoms with E-state index in [1.54, 1.807) is 42.5 Å². The van der Waals surface area contributed by atoms with Crippen LogP contribution in [-0.4, -0.2) is 14.3 Å². The van der Waals surface area contributed by atoms with Crippen LogP contribution in [0, 0.1) is 0 Å². The van der Waals surface area contributed by atoms with E-state index in [-0.39, 0.29) is 22.9 Å². The smallest absolute Gasteiger partial charge is 0.255 e. The summed E-state index contributed by atoms with van der Waals surface area (Å²) in [6.07, 6.45) is 1.47. The summed E-state index contributed by atoms with van der Waals surface area (Å²) in [5, 5.41) is 2.72. The van der Waals surface area contributed by atoms with Gasteiger partial charge in [-0.15, -0.1) is 0 Å². The molecule has 0 fully saturated rings. The number of hydrogen-bond acceptors (Lipinski definition) is 4. The van der Waals surface area contributed by atoms with E-state index in [1.165, 1.54) is 24.5 Å². The van der Waals surface area contributed by atoms with Crippen molar-refractivity contribution in [3.8, 4) is 0 Å². The van der Waals surface area contributed by atoms with E-state index in [4.69, 9.17) is 4.42 Å². The van der Waals surface area contributed by atoms with Crippen molar-refractivity contribution in [1.29, 1.82) is 0 Å². The van der Waals surface area contributed by atoms with Crippen LogP contribution in [0.25, 0.3) is 0 Å². The molecule has 0 saturated heterocycles. The number of carbonyl (C=O) groups excluding carboxylic acids is 1. The highest BCUT2D eigenvalue weighted by Crippen LogP contribution is 2.14. The van der Waals surface area contributed by atoms with Crippen LogP contribution in [0.2, 0.25) is 0 Å². The molecule has 6 nitrogen and oxygen atoms in total. The van der Waals surface area contributed by atoms with Crippen LogP contribution in [0.3, 0.4) is 0 Å². The zero-order valence-electron chi connectivity index (χ0n) is 13.2. The van der Waals surface area contributed by atoms with E-state index in [2.05, 4.69) is 10.0 Å². The van der Waals surface area contributed by atoms with Gasteiger partial charge in [-0.2, -0.15) is 0 Å². The number of rotatable bonds is 6. The first-order valence-corrected chi connectivity index (χ1v) is 9.01. The molecule has 0 atom stereocenters. The Morgan fingerprint density at radius 3 is 2.48 bits per heavy atom. The van der Waals surface area contributed by atoms with Crippen molar-refractivity contribution in [3.63, 3.8) is 0 Å². The molecule has 0 bridgehead atoms. The topological polar surface area (TPSA) is 88.4 Å². The maximum atomic E-state index is 12.4. The molecule has 2 N–H and O–H groups in total. The quantitative estimate of drug-likeness (QED) is 0.711. The van der Waals surface area contributed by atoms with Gasteiger partial charge in [0.2, 0.25) is 10.0 Å². The number of anilines is 1. The summed E-state index contributed by atoms with van der Waals surface area (Å²) in [6, 6.07) is 18.2. The molecular weight excluding hydrogens is 340 g/mol. The van der Waals surface area contributed by atoms with Gasteiger partial charge in [0.1, 0.15) is 5.76 Å². The number of para-hydroxylation sites is 1. The molecule has 0 radical (unpaired) electrons. The number of benzene rings is 2. The second kappa shape index (κ2) is 7.33. The number of hydrogen-bond donors (Lipinski definition) is 2. The van der Waals surface area contributed by atoms with Gasteiger partial charge in [-0.3, -0.25) is 4.79 Å². The van der Waals surface area contributed by atoms with Crippen LogP contribution >= 0.6 is 0 Å². The Balaban J connectivity index is 1.75. The van der Waals surface area contributed by atoms with Gasteiger partial charge in [-0.05, 0) is 42.5 Å². The van der Waals surface area contributed by atoms with Crippen LogP contribution < -0.4 is 10.0 Å². The van der Waals surface area contributed by atoms with Crippen molar-refractivity contribution in [2.45, 2.75) is 11.4 Å². The van der Waals surface area contributed by atoms with Crippen molar-refractivity contribution in [2.24, 2.45) is 0 Å². The highest BCUT2D eigenvalue weighted by atomic mass is 32.2. The first-order chi connectivity index (χ1) is 12.0. The zero-order chi connectivity index (χ0) is 17.7. The highest BCUT2D eigenvalue weighted by Gasteiger charge is 2.16. The van der Waals surface area contributed by atoms with Gasteiger partial charge in [-0.1, -0.05) is 24.3 Å². The minimum absolute atomic E-state index is 0.0137. The number of nitrogens with one attached hydrogen (secondary N) is 2. The Hall–Kier alpha value is -2.90. The molecule has 3 aromatic rings. The van der Waals surface area contributed by atoms with Gasteiger partial charge >= 0.3 is 0 Å². The zero-order valence-corrected chi connectivity index (χ0v) is 14.0. The number of furan rings is 1. The van der Waals surface area contributed by atoms with Gasteiger partial charge in [0, 0.05) is 11.3 Å². The summed E-state index contributed by atoms with van der Waals surface area (Å²) in [6.45, 7) is 0.0375. The van der Waals surface area contributed by atoms with Crippen LogP contribution in [-0.2, 0) is 16.6 Å². The van der Waals surface area contributed by atoms with Crippen molar-refractivity contribution >= 4 is 21.6 Å². The lowest BCUT2D eigenvalue weighted by atomic mass is 10.2. The van der Waals surface area contributed by atoms with Gasteiger partial charge in [-0.25, -0.2) is 13.1 Å². The molecule has 0 unspecified atom stereocenters. The maximum absolute atomic E-state index is 12.4. The molecule has 1 amide bonds. The van der Waals surface area contributed by atoms with Crippen molar-refractivity contribution in [1.82, 2.24) is 4.72 Å². The third-order valence-corrected chi connectivity index (χ3v) is 4.85. The first-order valence-electron chi connectivity index (χ1n) is 7.53. The molecule has 3 rings (SSSR count). The fourth-order valence-electron chi connectivity index (χ4n) is 2.19.